The molecule has 80 valence electrons. The van der Waals surface area contributed by atoms with Crippen molar-refractivity contribution in [3.63, 3.8) is 0 Å². The van der Waals surface area contributed by atoms with Gasteiger partial charge in [-0.2, -0.15) is 5.48 Å². The van der Waals surface area contributed by atoms with Gasteiger partial charge in [-0.1, -0.05) is 30.0 Å². The SMILES string of the molecule is COCCONCC#Cc1ccccc1. The molecule has 1 aromatic carbocycles. The molecule has 0 aliphatic carbocycles. The van der Waals surface area contributed by atoms with Gasteiger partial charge in [-0.3, -0.25) is 4.84 Å². The Kier molecular flexibility index (Phi) is 6.26. The van der Waals surface area contributed by atoms with Crippen LogP contribution in [0.3, 0.4) is 0 Å². The molecule has 3 nitrogen and oxygen atoms in total. The number of nitrogens with one attached hydrogen (secondary N) is 1. The first kappa shape index (κ1) is 11.7. The molecule has 0 radical (unpaired) electrons. The molecule has 0 saturated heterocycles. The van der Waals surface area contributed by atoms with E-state index in [1.807, 2.05) is 30.3 Å². The Labute approximate surface area is 90.4 Å². The summed E-state index contributed by atoms with van der Waals surface area (Å²) in [4.78, 5) is 5.03. The van der Waals surface area contributed by atoms with E-state index in [9.17, 15) is 0 Å². The van der Waals surface area contributed by atoms with E-state index < -0.39 is 0 Å². The second-order valence-corrected chi connectivity index (χ2v) is 2.83. The van der Waals surface area contributed by atoms with E-state index in [1.54, 1.807) is 7.11 Å². The Morgan fingerprint density at radius 1 is 1.20 bits per heavy atom. The van der Waals surface area contributed by atoms with Crippen LogP contribution in [0.4, 0.5) is 0 Å². The van der Waals surface area contributed by atoms with Crippen LogP contribution in [0.25, 0.3) is 0 Å². The second-order valence-electron chi connectivity index (χ2n) is 2.83. The van der Waals surface area contributed by atoms with Crippen molar-refractivity contribution in [1.29, 1.82) is 0 Å². The fourth-order valence-corrected chi connectivity index (χ4v) is 0.952. The Hall–Kier alpha value is -1.34. The van der Waals surface area contributed by atoms with E-state index in [4.69, 9.17) is 9.57 Å². The molecule has 15 heavy (non-hydrogen) atoms. The highest BCUT2D eigenvalue weighted by Crippen LogP contribution is 1.93. The number of methoxy groups -OCH3 is 1. The van der Waals surface area contributed by atoms with Gasteiger partial charge >= 0.3 is 0 Å². The number of hydrogen-bond acceptors (Lipinski definition) is 3. The van der Waals surface area contributed by atoms with Crippen LogP contribution in [0.1, 0.15) is 5.56 Å². The minimum Gasteiger partial charge on any atom is -0.382 e. The van der Waals surface area contributed by atoms with E-state index in [0.717, 1.165) is 5.56 Å². The third-order valence-electron chi connectivity index (χ3n) is 1.66. The summed E-state index contributed by atoms with van der Waals surface area (Å²) in [6.07, 6.45) is 0. The van der Waals surface area contributed by atoms with Crippen LogP contribution in [0, 0.1) is 11.8 Å². The molecule has 1 rings (SSSR count). The predicted octanol–water partition coefficient (Wildman–Crippen LogP) is 1.21. The van der Waals surface area contributed by atoms with Crippen molar-refractivity contribution in [3.8, 4) is 11.8 Å². The fraction of sp³-hybridized carbons (Fsp3) is 0.333. The van der Waals surface area contributed by atoms with Crippen LogP contribution in [-0.2, 0) is 9.57 Å². The molecule has 0 unspecified atom stereocenters. The van der Waals surface area contributed by atoms with Gasteiger partial charge in [-0.05, 0) is 12.1 Å². The highest BCUT2D eigenvalue weighted by molar-refractivity contribution is 5.33. The van der Waals surface area contributed by atoms with Gasteiger partial charge in [0.05, 0.1) is 19.8 Å². The highest BCUT2D eigenvalue weighted by Gasteiger charge is 1.84. The normalized spacial score (nSPS) is 9.40. The third kappa shape index (κ3) is 5.87. The van der Waals surface area contributed by atoms with Gasteiger partial charge in [0.15, 0.2) is 0 Å². The zero-order valence-electron chi connectivity index (χ0n) is 8.82. The summed E-state index contributed by atoms with van der Waals surface area (Å²) in [5.41, 5.74) is 3.75. The maximum absolute atomic E-state index is 5.03. The average Bonchev–Trinajstić information content (AvgIpc) is 2.29. The van der Waals surface area contributed by atoms with E-state index in [1.165, 1.54) is 0 Å². The molecule has 0 spiro atoms. The molecule has 0 aliphatic rings. The molecule has 0 bridgehead atoms. The van der Waals surface area contributed by atoms with Crippen LogP contribution in [0.15, 0.2) is 30.3 Å². The molecule has 0 atom stereocenters. The van der Waals surface area contributed by atoms with Crippen LogP contribution in [0.5, 0.6) is 0 Å². The molecular formula is C12H15NO2. The number of benzene rings is 1. The lowest BCUT2D eigenvalue weighted by atomic mass is 10.2. The van der Waals surface area contributed by atoms with Crippen LogP contribution < -0.4 is 5.48 Å². The van der Waals surface area contributed by atoms with E-state index in [-0.39, 0.29) is 0 Å². The molecule has 3 heteroatoms. The third-order valence-corrected chi connectivity index (χ3v) is 1.66. The number of ether oxygens (including phenoxy) is 1. The van der Waals surface area contributed by atoms with E-state index in [2.05, 4.69) is 17.3 Å². The molecule has 0 aromatic heterocycles. The quantitative estimate of drug-likeness (QED) is 0.445. The summed E-state index contributed by atoms with van der Waals surface area (Å²) in [7, 11) is 1.64. The largest absolute Gasteiger partial charge is 0.382 e. The zero-order chi connectivity index (χ0) is 10.8. The van der Waals surface area contributed by atoms with Crippen molar-refractivity contribution in [2.24, 2.45) is 0 Å². The van der Waals surface area contributed by atoms with E-state index in [0.29, 0.717) is 19.8 Å². The highest BCUT2D eigenvalue weighted by atomic mass is 16.7. The number of hydrogen-bond donors (Lipinski definition) is 1. The van der Waals surface area contributed by atoms with Crippen molar-refractivity contribution in [2.75, 3.05) is 26.9 Å². The molecule has 0 aliphatic heterocycles. The maximum Gasteiger partial charge on any atom is 0.0916 e. The Morgan fingerprint density at radius 2 is 2.00 bits per heavy atom. The average molecular weight is 205 g/mol. The first-order valence-electron chi connectivity index (χ1n) is 4.81. The van der Waals surface area contributed by atoms with Gasteiger partial charge < -0.3 is 4.74 Å². The van der Waals surface area contributed by atoms with Gasteiger partial charge in [-0.15, -0.1) is 0 Å². The molecule has 0 amide bonds. The van der Waals surface area contributed by atoms with Gasteiger partial charge in [0.1, 0.15) is 0 Å². The molecule has 0 fully saturated rings. The van der Waals surface area contributed by atoms with Gasteiger partial charge in [0.2, 0.25) is 0 Å². The minimum absolute atomic E-state index is 0.513. The van der Waals surface area contributed by atoms with Gasteiger partial charge in [-0.25, -0.2) is 0 Å². The summed E-state index contributed by atoms with van der Waals surface area (Å²) in [6.45, 7) is 1.63. The maximum atomic E-state index is 5.03. The summed E-state index contributed by atoms with van der Waals surface area (Å²) in [6, 6.07) is 9.84. The van der Waals surface area contributed by atoms with Crippen LogP contribution in [-0.4, -0.2) is 26.9 Å². The van der Waals surface area contributed by atoms with Crippen molar-refractivity contribution in [2.45, 2.75) is 0 Å². The second kappa shape index (κ2) is 8.01. The Morgan fingerprint density at radius 3 is 2.73 bits per heavy atom. The van der Waals surface area contributed by atoms with Crippen LogP contribution in [0.2, 0.25) is 0 Å². The summed E-state index contributed by atoms with van der Waals surface area (Å²) in [5, 5.41) is 0. The topological polar surface area (TPSA) is 30.5 Å². The van der Waals surface area contributed by atoms with Gasteiger partial charge in [0.25, 0.3) is 0 Å². The predicted molar refractivity (Wildman–Crippen MR) is 59.2 cm³/mol. The first-order valence-corrected chi connectivity index (χ1v) is 4.81. The molecular weight excluding hydrogens is 190 g/mol. The van der Waals surface area contributed by atoms with Crippen molar-refractivity contribution < 1.29 is 9.57 Å². The Bertz CT molecular complexity index is 313. The number of hydroxylamine groups is 1. The lowest BCUT2D eigenvalue weighted by Gasteiger charge is -2.00. The number of rotatable bonds is 5. The van der Waals surface area contributed by atoms with Gasteiger partial charge in [0, 0.05) is 12.7 Å². The summed E-state index contributed by atoms with van der Waals surface area (Å²) >= 11 is 0. The first-order chi connectivity index (χ1) is 7.43. The van der Waals surface area contributed by atoms with Crippen molar-refractivity contribution >= 4 is 0 Å². The van der Waals surface area contributed by atoms with Crippen molar-refractivity contribution in [1.82, 2.24) is 5.48 Å². The summed E-state index contributed by atoms with van der Waals surface area (Å²) in [5.74, 6) is 5.96. The van der Waals surface area contributed by atoms with Crippen molar-refractivity contribution in [3.05, 3.63) is 35.9 Å². The van der Waals surface area contributed by atoms with Crippen LogP contribution >= 0.6 is 0 Å². The standard InChI is InChI=1S/C12H15NO2/c1-14-10-11-15-13-9-5-8-12-6-3-2-4-7-12/h2-4,6-7,13H,9-11H2,1H3. The Balaban J connectivity index is 2.12. The fourth-order valence-electron chi connectivity index (χ4n) is 0.952. The molecule has 0 heterocycles. The lowest BCUT2D eigenvalue weighted by Crippen LogP contribution is -2.17. The lowest BCUT2D eigenvalue weighted by molar-refractivity contribution is 0.0131. The molecule has 1 N–H and O–H groups in total. The smallest absolute Gasteiger partial charge is 0.0916 e. The zero-order valence-corrected chi connectivity index (χ0v) is 8.82. The minimum atomic E-state index is 0.513. The monoisotopic (exact) mass is 205 g/mol. The molecule has 1 aromatic rings. The molecule has 0 saturated carbocycles. The summed E-state index contributed by atoms with van der Waals surface area (Å²) < 4.78 is 4.82. The van der Waals surface area contributed by atoms with E-state index >= 15 is 0 Å².